The Morgan fingerprint density at radius 3 is 2.57 bits per heavy atom. The monoisotopic (exact) mass is 363 g/mol. The molecule has 1 saturated carbocycles. The summed E-state index contributed by atoms with van der Waals surface area (Å²) >= 11 is 3.31. The van der Waals surface area contributed by atoms with Gasteiger partial charge in [0.2, 0.25) is 5.91 Å². The van der Waals surface area contributed by atoms with Crippen LogP contribution in [0.1, 0.15) is 31.2 Å². The van der Waals surface area contributed by atoms with Crippen LogP contribution >= 0.6 is 15.9 Å². The fraction of sp³-hybridized carbons (Fsp3) is 0.533. The fourth-order valence-corrected chi connectivity index (χ4v) is 3.31. The molecular weight excluding hydrogens is 347 g/mol. The molecule has 1 aromatic rings. The number of carbonyl (C=O) groups excluding carboxylic acids is 1. The van der Waals surface area contributed by atoms with Gasteiger partial charge in [0.1, 0.15) is 0 Å². The molecule has 1 aliphatic rings. The van der Waals surface area contributed by atoms with E-state index < -0.39 is 23.9 Å². The molecule has 0 radical (unpaired) electrons. The molecule has 1 amide bonds. The summed E-state index contributed by atoms with van der Waals surface area (Å²) in [6.45, 7) is 0. The van der Waals surface area contributed by atoms with Gasteiger partial charge < -0.3 is 5.32 Å². The molecule has 0 bridgehead atoms. The third kappa shape index (κ3) is 3.99. The van der Waals surface area contributed by atoms with Gasteiger partial charge in [-0.1, -0.05) is 47.0 Å². The number of rotatable bonds is 3. The first kappa shape index (κ1) is 16.3. The second-order valence-corrected chi connectivity index (χ2v) is 5.88. The van der Waals surface area contributed by atoms with Crippen molar-refractivity contribution < 1.29 is 18.0 Å². The normalized spacial score (nSPS) is 22.9. The first-order valence-electron chi connectivity index (χ1n) is 6.95. The molecule has 0 aliphatic heterocycles. The number of hydrogen-bond acceptors (Lipinski definition) is 1. The molecule has 2 rings (SSSR count). The molecule has 1 fully saturated rings. The lowest BCUT2D eigenvalue weighted by molar-refractivity contribution is -0.197. The van der Waals surface area contributed by atoms with Crippen LogP contribution in [0.5, 0.6) is 0 Å². The maximum Gasteiger partial charge on any atom is 0.392 e. The summed E-state index contributed by atoms with van der Waals surface area (Å²) in [5, 5.41) is 3.20. The number of alkyl halides is 4. The molecule has 6 heteroatoms. The molecule has 21 heavy (non-hydrogen) atoms. The molecule has 2 nitrogen and oxygen atoms in total. The van der Waals surface area contributed by atoms with Gasteiger partial charge in [0.25, 0.3) is 0 Å². The van der Waals surface area contributed by atoms with Gasteiger partial charge in [-0.25, -0.2) is 0 Å². The SMILES string of the molecule is O=C(Nc1ccccc1CBr)C1CCCCC1C(F)(F)F. The van der Waals surface area contributed by atoms with Crippen molar-refractivity contribution in [2.45, 2.75) is 37.2 Å². The lowest BCUT2D eigenvalue weighted by Crippen LogP contribution is -2.39. The number of hydrogen-bond donors (Lipinski definition) is 1. The Balaban J connectivity index is 2.14. The van der Waals surface area contributed by atoms with Crippen LogP contribution < -0.4 is 5.32 Å². The average molecular weight is 364 g/mol. The number of anilines is 1. The molecule has 1 aliphatic carbocycles. The Kier molecular flexibility index (Phi) is 5.30. The summed E-state index contributed by atoms with van der Waals surface area (Å²) in [7, 11) is 0. The summed E-state index contributed by atoms with van der Waals surface area (Å²) in [5.74, 6) is -3.03. The number of nitrogens with one attached hydrogen (secondary N) is 1. The second-order valence-electron chi connectivity index (χ2n) is 5.32. The minimum Gasteiger partial charge on any atom is -0.326 e. The van der Waals surface area contributed by atoms with Crippen molar-refractivity contribution in [3.05, 3.63) is 29.8 Å². The molecule has 0 aromatic heterocycles. The van der Waals surface area contributed by atoms with Gasteiger partial charge in [-0.3, -0.25) is 4.79 Å². The zero-order valence-electron chi connectivity index (χ0n) is 11.4. The maximum atomic E-state index is 13.0. The molecule has 0 spiro atoms. The summed E-state index contributed by atoms with van der Waals surface area (Å²) in [5.41, 5.74) is 1.43. The highest BCUT2D eigenvalue weighted by molar-refractivity contribution is 9.08. The number of benzene rings is 1. The molecule has 2 atom stereocenters. The number of para-hydroxylation sites is 1. The molecule has 1 aromatic carbocycles. The molecular formula is C15H17BrF3NO. The zero-order valence-corrected chi connectivity index (χ0v) is 13.0. The van der Waals surface area contributed by atoms with Gasteiger partial charge in [-0.15, -0.1) is 0 Å². The van der Waals surface area contributed by atoms with Crippen molar-refractivity contribution >= 4 is 27.5 Å². The molecule has 116 valence electrons. The Hall–Kier alpha value is -1.04. The highest BCUT2D eigenvalue weighted by Gasteiger charge is 2.48. The van der Waals surface area contributed by atoms with E-state index in [1.54, 1.807) is 12.1 Å². The van der Waals surface area contributed by atoms with Crippen molar-refractivity contribution in [2.24, 2.45) is 11.8 Å². The standard InChI is InChI=1S/C15H17BrF3NO/c16-9-10-5-1-4-8-13(10)20-14(21)11-6-2-3-7-12(11)15(17,18)19/h1,4-5,8,11-12H,2-3,6-7,9H2,(H,20,21). The lowest BCUT2D eigenvalue weighted by atomic mass is 9.78. The first-order chi connectivity index (χ1) is 9.93. The van der Waals surface area contributed by atoms with Gasteiger partial charge in [0, 0.05) is 16.9 Å². The summed E-state index contributed by atoms with van der Waals surface area (Å²) in [6.07, 6.45) is -2.76. The van der Waals surface area contributed by atoms with Crippen LogP contribution in [-0.4, -0.2) is 12.1 Å². The van der Waals surface area contributed by atoms with Crippen LogP contribution in [-0.2, 0) is 10.1 Å². The Bertz CT molecular complexity index is 504. The van der Waals surface area contributed by atoms with E-state index in [9.17, 15) is 18.0 Å². The van der Waals surface area contributed by atoms with Crippen LogP contribution in [0.4, 0.5) is 18.9 Å². The van der Waals surface area contributed by atoms with Crippen LogP contribution in [0, 0.1) is 11.8 Å². The highest BCUT2D eigenvalue weighted by atomic mass is 79.9. The third-order valence-electron chi connectivity index (χ3n) is 3.94. The van der Waals surface area contributed by atoms with Gasteiger partial charge in [-0.2, -0.15) is 13.2 Å². The summed E-state index contributed by atoms with van der Waals surface area (Å²) in [6, 6.07) is 7.11. The minimum absolute atomic E-state index is 0.0433. The van der Waals surface area contributed by atoms with E-state index in [1.807, 2.05) is 12.1 Å². The van der Waals surface area contributed by atoms with E-state index in [0.717, 1.165) is 5.56 Å². The van der Waals surface area contributed by atoms with E-state index in [1.165, 1.54) is 0 Å². The maximum absolute atomic E-state index is 13.0. The van der Waals surface area contributed by atoms with E-state index in [2.05, 4.69) is 21.2 Å². The van der Waals surface area contributed by atoms with Crippen LogP contribution in [0.3, 0.4) is 0 Å². The number of carbonyl (C=O) groups is 1. The minimum atomic E-state index is -4.31. The number of amides is 1. The van der Waals surface area contributed by atoms with Gasteiger partial charge in [0.05, 0.1) is 5.92 Å². The largest absolute Gasteiger partial charge is 0.392 e. The van der Waals surface area contributed by atoms with Crippen molar-refractivity contribution in [2.75, 3.05) is 5.32 Å². The van der Waals surface area contributed by atoms with Crippen LogP contribution in [0.15, 0.2) is 24.3 Å². The van der Waals surface area contributed by atoms with E-state index >= 15 is 0 Å². The Morgan fingerprint density at radius 1 is 1.24 bits per heavy atom. The third-order valence-corrected chi connectivity index (χ3v) is 4.55. The highest BCUT2D eigenvalue weighted by Crippen LogP contribution is 2.42. The quantitative estimate of drug-likeness (QED) is 0.761. The van der Waals surface area contributed by atoms with E-state index in [0.29, 0.717) is 30.3 Å². The average Bonchev–Trinajstić information content (AvgIpc) is 2.47. The predicted molar refractivity (Wildman–Crippen MR) is 79.2 cm³/mol. The van der Waals surface area contributed by atoms with E-state index in [-0.39, 0.29) is 6.42 Å². The fourth-order valence-electron chi connectivity index (χ4n) is 2.82. The smallest absolute Gasteiger partial charge is 0.326 e. The lowest BCUT2D eigenvalue weighted by Gasteiger charge is -2.32. The van der Waals surface area contributed by atoms with Crippen molar-refractivity contribution in [3.8, 4) is 0 Å². The second kappa shape index (κ2) is 6.81. The van der Waals surface area contributed by atoms with Crippen molar-refractivity contribution in [3.63, 3.8) is 0 Å². The zero-order chi connectivity index (χ0) is 15.5. The Morgan fingerprint density at radius 2 is 1.90 bits per heavy atom. The molecule has 0 heterocycles. The molecule has 0 saturated heterocycles. The van der Waals surface area contributed by atoms with Crippen molar-refractivity contribution in [1.82, 2.24) is 0 Å². The van der Waals surface area contributed by atoms with Crippen LogP contribution in [0.25, 0.3) is 0 Å². The van der Waals surface area contributed by atoms with Gasteiger partial charge >= 0.3 is 6.18 Å². The van der Waals surface area contributed by atoms with Gasteiger partial charge in [-0.05, 0) is 24.5 Å². The summed E-state index contributed by atoms with van der Waals surface area (Å²) < 4.78 is 39.1. The topological polar surface area (TPSA) is 29.1 Å². The molecule has 2 unspecified atom stereocenters. The number of halogens is 4. The van der Waals surface area contributed by atoms with Gasteiger partial charge in [0.15, 0.2) is 0 Å². The van der Waals surface area contributed by atoms with Crippen molar-refractivity contribution in [1.29, 1.82) is 0 Å². The first-order valence-corrected chi connectivity index (χ1v) is 8.07. The van der Waals surface area contributed by atoms with E-state index in [4.69, 9.17) is 0 Å². The predicted octanol–water partition coefficient (Wildman–Crippen LogP) is 4.89. The van der Waals surface area contributed by atoms with Crippen LogP contribution in [0.2, 0.25) is 0 Å². The Labute approximate surface area is 130 Å². The molecule has 1 N–H and O–H groups in total. The summed E-state index contributed by atoms with van der Waals surface area (Å²) in [4.78, 5) is 12.3.